The Bertz CT molecular complexity index is 1240. The highest BCUT2D eigenvalue weighted by Crippen LogP contribution is 2.27. The number of hydrogen-bond donors (Lipinski definition) is 1. The SMILES string of the molecule is CCOc1cc(CC(=O)N(Cc2ccc(OC)cc2)Cc2ccccc2N2CCCCC2)ccc1C(=O)O. The number of piperidine rings is 1. The molecule has 0 spiro atoms. The van der Waals surface area contributed by atoms with Gasteiger partial charge in [-0.1, -0.05) is 36.4 Å². The van der Waals surface area contributed by atoms with E-state index in [4.69, 9.17) is 9.47 Å². The lowest BCUT2D eigenvalue weighted by Gasteiger charge is -2.32. The molecule has 7 nitrogen and oxygen atoms in total. The average Bonchev–Trinajstić information content (AvgIpc) is 2.94. The van der Waals surface area contributed by atoms with Crippen LogP contribution in [0.15, 0.2) is 66.7 Å². The largest absolute Gasteiger partial charge is 0.497 e. The third kappa shape index (κ3) is 6.85. The van der Waals surface area contributed by atoms with Gasteiger partial charge in [0.05, 0.1) is 20.1 Å². The summed E-state index contributed by atoms with van der Waals surface area (Å²) in [6.07, 6.45) is 3.75. The number of carboxylic acids is 1. The van der Waals surface area contributed by atoms with Gasteiger partial charge in [0, 0.05) is 31.9 Å². The molecule has 0 unspecified atom stereocenters. The van der Waals surface area contributed by atoms with Crippen molar-refractivity contribution in [1.29, 1.82) is 0 Å². The summed E-state index contributed by atoms with van der Waals surface area (Å²) in [6, 6.07) is 21.0. The number of ether oxygens (including phenoxy) is 2. The highest BCUT2D eigenvalue weighted by Gasteiger charge is 2.21. The highest BCUT2D eigenvalue weighted by atomic mass is 16.5. The first-order valence-corrected chi connectivity index (χ1v) is 13.2. The summed E-state index contributed by atoms with van der Waals surface area (Å²) in [5.41, 5.74) is 4.11. The summed E-state index contributed by atoms with van der Waals surface area (Å²) in [5.74, 6) is -0.0481. The Hall–Kier alpha value is -4.00. The summed E-state index contributed by atoms with van der Waals surface area (Å²) < 4.78 is 10.9. The summed E-state index contributed by atoms with van der Waals surface area (Å²) in [5, 5.41) is 9.48. The van der Waals surface area contributed by atoms with E-state index in [0.29, 0.717) is 25.3 Å². The van der Waals surface area contributed by atoms with Gasteiger partial charge in [-0.2, -0.15) is 0 Å². The molecule has 0 bridgehead atoms. The molecule has 1 aliphatic rings. The third-order valence-electron chi connectivity index (χ3n) is 6.87. The molecule has 1 heterocycles. The van der Waals surface area contributed by atoms with E-state index in [1.54, 1.807) is 26.2 Å². The number of anilines is 1. The van der Waals surface area contributed by atoms with Crippen molar-refractivity contribution in [3.63, 3.8) is 0 Å². The topological polar surface area (TPSA) is 79.3 Å². The monoisotopic (exact) mass is 516 g/mol. The standard InChI is InChI=1S/C31H36N2O5/c1-3-38-29-19-24(13-16-27(29)31(35)36)20-30(34)33(21-23-11-14-26(37-2)15-12-23)22-25-9-5-6-10-28(25)32-17-7-4-8-18-32/h5-6,9-16,19H,3-4,7-8,17-18,20-22H2,1-2H3,(H,35,36). The number of amides is 1. The molecule has 7 heteroatoms. The Morgan fingerprint density at radius 3 is 2.32 bits per heavy atom. The molecule has 1 amide bonds. The smallest absolute Gasteiger partial charge is 0.339 e. The van der Waals surface area contributed by atoms with E-state index >= 15 is 0 Å². The van der Waals surface area contributed by atoms with Crippen molar-refractivity contribution in [2.75, 3.05) is 31.7 Å². The zero-order chi connectivity index (χ0) is 26.9. The maximum atomic E-state index is 13.8. The third-order valence-corrected chi connectivity index (χ3v) is 6.87. The lowest BCUT2D eigenvalue weighted by molar-refractivity contribution is -0.131. The van der Waals surface area contributed by atoms with Crippen molar-refractivity contribution in [2.45, 2.75) is 45.7 Å². The first-order chi connectivity index (χ1) is 18.5. The van der Waals surface area contributed by atoms with Gasteiger partial charge in [0.25, 0.3) is 0 Å². The van der Waals surface area contributed by atoms with Crippen molar-refractivity contribution in [2.24, 2.45) is 0 Å². The van der Waals surface area contributed by atoms with Gasteiger partial charge in [0.2, 0.25) is 5.91 Å². The number of para-hydroxylation sites is 1. The van der Waals surface area contributed by atoms with Gasteiger partial charge in [-0.05, 0) is 73.2 Å². The van der Waals surface area contributed by atoms with Crippen LogP contribution in [0.1, 0.15) is 53.2 Å². The van der Waals surface area contributed by atoms with Crippen LogP contribution >= 0.6 is 0 Å². The van der Waals surface area contributed by atoms with E-state index in [1.807, 2.05) is 35.2 Å². The minimum absolute atomic E-state index is 0.0419. The maximum absolute atomic E-state index is 13.8. The fourth-order valence-electron chi connectivity index (χ4n) is 4.89. The Labute approximate surface area is 224 Å². The van der Waals surface area contributed by atoms with E-state index in [1.165, 1.54) is 31.0 Å². The molecule has 0 atom stereocenters. The van der Waals surface area contributed by atoms with E-state index in [-0.39, 0.29) is 23.6 Å². The number of methoxy groups -OCH3 is 1. The molecule has 0 aliphatic carbocycles. The predicted molar refractivity (Wildman–Crippen MR) is 148 cm³/mol. The minimum atomic E-state index is -1.05. The van der Waals surface area contributed by atoms with E-state index in [2.05, 4.69) is 23.1 Å². The van der Waals surface area contributed by atoms with Gasteiger partial charge in [-0.25, -0.2) is 4.79 Å². The first kappa shape index (κ1) is 27.0. The normalized spacial score (nSPS) is 13.2. The number of nitrogens with zero attached hydrogens (tertiary/aromatic N) is 2. The van der Waals surface area contributed by atoms with Crippen LogP contribution in [0.25, 0.3) is 0 Å². The van der Waals surface area contributed by atoms with E-state index in [0.717, 1.165) is 30.0 Å². The molecular weight excluding hydrogens is 480 g/mol. The first-order valence-electron chi connectivity index (χ1n) is 13.2. The van der Waals surface area contributed by atoms with Gasteiger partial charge < -0.3 is 24.4 Å². The summed E-state index contributed by atoms with van der Waals surface area (Å²) in [6.45, 7) is 5.12. The number of carbonyl (C=O) groups excluding carboxylic acids is 1. The van der Waals surface area contributed by atoms with Crippen LogP contribution in [0.3, 0.4) is 0 Å². The van der Waals surface area contributed by atoms with Crippen LogP contribution in [0.4, 0.5) is 5.69 Å². The zero-order valence-electron chi connectivity index (χ0n) is 22.2. The Morgan fingerprint density at radius 1 is 0.921 bits per heavy atom. The number of benzene rings is 3. The highest BCUT2D eigenvalue weighted by molar-refractivity contribution is 5.91. The fourth-order valence-corrected chi connectivity index (χ4v) is 4.89. The Balaban J connectivity index is 1.61. The van der Waals surface area contributed by atoms with Crippen molar-refractivity contribution in [1.82, 2.24) is 4.90 Å². The van der Waals surface area contributed by atoms with E-state index < -0.39 is 5.97 Å². The van der Waals surface area contributed by atoms with Crippen molar-refractivity contribution in [3.8, 4) is 11.5 Å². The predicted octanol–water partition coefficient (Wildman–Crippen LogP) is 5.55. The van der Waals surface area contributed by atoms with Crippen LogP contribution in [0.5, 0.6) is 11.5 Å². The second-order valence-corrected chi connectivity index (χ2v) is 9.52. The van der Waals surface area contributed by atoms with Crippen molar-refractivity contribution in [3.05, 3.63) is 89.0 Å². The van der Waals surface area contributed by atoms with Crippen LogP contribution in [-0.4, -0.2) is 48.7 Å². The molecule has 38 heavy (non-hydrogen) atoms. The Morgan fingerprint density at radius 2 is 1.63 bits per heavy atom. The quantitative estimate of drug-likeness (QED) is 0.360. The maximum Gasteiger partial charge on any atom is 0.339 e. The van der Waals surface area contributed by atoms with E-state index in [9.17, 15) is 14.7 Å². The fraction of sp³-hybridized carbons (Fsp3) is 0.355. The average molecular weight is 517 g/mol. The summed E-state index contributed by atoms with van der Waals surface area (Å²) >= 11 is 0. The molecule has 3 aromatic rings. The molecule has 4 rings (SSSR count). The molecule has 1 fully saturated rings. The van der Waals surface area contributed by atoms with Gasteiger partial charge in [0.15, 0.2) is 0 Å². The number of carboxylic acid groups (broad SMARTS) is 1. The number of rotatable bonds is 11. The molecule has 0 radical (unpaired) electrons. The van der Waals surface area contributed by atoms with Crippen molar-refractivity contribution < 1.29 is 24.2 Å². The summed E-state index contributed by atoms with van der Waals surface area (Å²) in [4.78, 5) is 29.6. The second-order valence-electron chi connectivity index (χ2n) is 9.52. The van der Waals surface area contributed by atoms with Gasteiger partial charge in [0.1, 0.15) is 17.1 Å². The van der Waals surface area contributed by atoms with Crippen molar-refractivity contribution >= 4 is 17.6 Å². The molecule has 1 aliphatic heterocycles. The lowest BCUT2D eigenvalue weighted by Crippen LogP contribution is -2.34. The Kier molecular flexibility index (Phi) is 9.25. The molecule has 0 saturated carbocycles. The van der Waals surface area contributed by atoms with Crippen LogP contribution in [0.2, 0.25) is 0 Å². The number of hydrogen-bond acceptors (Lipinski definition) is 5. The molecule has 3 aromatic carbocycles. The van der Waals surface area contributed by atoms with Crippen LogP contribution in [0, 0.1) is 0 Å². The minimum Gasteiger partial charge on any atom is -0.497 e. The van der Waals surface area contributed by atoms with Gasteiger partial charge in [-0.3, -0.25) is 4.79 Å². The molecule has 1 N–H and O–H groups in total. The second kappa shape index (κ2) is 13.0. The van der Waals surface area contributed by atoms with Gasteiger partial charge >= 0.3 is 5.97 Å². The molecular formula is C31H36N2O5. The molecule has 0 aromatic heterocycles. The summed E-state index contributed by atoms with van der Waals surface area (Å²) in [7, 11) is 1.63. The number of carbonyl (C=O) groups is 2. The lowest BCUT2D eigenvalue weighted by atomic mass is 10.0. The number of aromatic carboxylic acids is 1. The molecule has 200 valence electrons. The molecule has 1 saturated heterocycles. The van der Waals surface area contributed by atoms with Crippen LogP contribution in [-0.2, 0) is 24.3 Å². The van der Waals surface area contributed by atoms with Crippen LogP contribution < -0.4 is 14.4 Å². The zero-order valence-corrected chi connectivity index (χ0v) is 22.2. The van der Waals surface area contributed by atoms with Gasteiger partial charge in [-0.15, -0.1) is 0 Å².